The van der Waals surface area contributed by atoms with Crippen LogP contribution < -0.4 is 4.74 Å². The molecule has 0 atom stereocenters. The van der Waals surface area contributed by atoms with Crippen LogP contribution in [0.25, 0.3) is 0 Å². The van der Waals surface area contributed by atoms with Crippen molar-refractivity contribution in [3.05, 3.63) is 63.9 Å². The average molecular weight is 330 g/mol. The van der Waals surface area contributed by atoms with Crippen LogP contribution in [0.5, 0.6) is 5.75 Å². The van der Waals surface area contributed by atoms with Gasteiger partial charge in [0.15, 0.2) is 0 Å². The summed E-state index contributed by atoms with van der Waals surface area (Å²) in [6.45, 7) is 0.334. The molecule has 2 rings (SSSR count). The number of hydrogen-bond acceptors (Lipinski definition) is 1. The molecule has 0 radical (unpaired) electrons. The second-order valence-electron chi connectivity index (χ2n) is 3.81. The van der Waals surface area contributed by atoms with Crippen molar-refractivity contribution in [2.24, 2.45) is 0 Å². The van der Waals surface area contributed by atoms with Crippen LogP contribution in [0.15, 0.2) is 46.9 Å². The molecule has 0 saturated heterocycles. The van der Waals surface area contributed by atoms with Crippen molar-refractivity contribution in [2.75, 3.05) is 0 Å². The minimum atomic E-state index is -0.256. The zero-order valence-electron chi connectivity index (χ0n) is 9.50. The molecule has 0 saturated carbocycles. The molecule has 0 amide bonds. The van der Waals surface area contributed by atoms with Crippen LogP contribution in [0.4, 0.5) is 4.39 Å². The minimum absolute atomic E-state index is 0.256. The van der Waals surface area contributed by atoms with E-state index in [1.54, 1.807) is 6.07 Å². The van der Waals surface area contributed by atoms with E-state index in [1.807, 2.05) is 24.3 Å². The molecule has 0 N–H and O–H groups in total. The molecule has 0 aliphatic rings. The molecule has 0 aliphatic heterocycles. The molecule has 0 spiro atoms. The maximum Gasteiger partial charge on any atom is 0.123 e. The molecule has 0 unspecified atom stereocenters. The zero-order chi connectivity index (χ0) is 13.0. The van der Waals surface area contributed by atoms with E-state index in [0.29, 0.717) is 12.5 Å². The van der Waals surface area contributed by atoms with Gasteiger partial charge in [-0.25, -0.2) is 4.39 Å². The normalized spacial score (nSPS) is 10.4. The summed E-state index contributed by atoms with van der Waals surface area (Å²) >= 11 is 9.21. The lowest BCUT2D eigenvalue weighted by molar-refractivity contribution is 0.305. The second kappa shape index (κ2) is 6.21. The Morgan fingerprint density at radius 3 is 2.72 bits per heavy atom. The predicted octanol–water partition coefficient (Wildman–Crippen LogP) is 4.91. The maximum absolute atomic E-state index is 13.0. The second-order valence-corrected chi connectivity index (χ2v) is 4.93. The Morgan fingerprint density at radius 2 is 2.00 bits per heavy atom. The number of halogens is 3. The highest BCUT2D eigenvalue weighted by molar-refractivity contribution is 9.10. The van der Waals surface area contributed by atoms with Gasteiger partial charge in [0, 0.05) is 10.4 Å². The summed E-state index contributed by atoms with van der Waals surface area (Å²) < 4.78 is 19.5. The molecular weight excluding hydrogens is 319 g/mol. The first-order valence-electron chi connectivity index (χ1n) is 5.40. The molecule has 0 fully saturated rings. The number of ether oxygens (including phenoxy) is 1. The molecule has 1 nitrogen and oxygen atoms in total. The molecule has 0 bridgehead atoms. The number of rotatable bonds is 4. The van der Waals surface area contributed by atoms with Crippen molar-refractivity contribution >= 4 is 27.5 Å². The molecule has 0 heterocycles. The Morgan fingerprint density at radius 1 is 1.17 bits per heavy atom. The predicted molar refractivity (Wildman–Crippen MR) is 74.4 cm³/mol. The van der Waals surface area contributed by atoms with Crippen LogP contribution in [-0.2, 0) is 12.5 Å². The molecule has 18 heavy (non-hydrogen) atoms. The lowest BCUT2D eigenvalue weighted by Crippen LogP contribution is -1.96. The van der Waals surface area contributed by atoms with Crippen LogP contribution in [0.1, 0.15) is 11.1 Å². The molecule has 2 aromatic rings. The van der Waals surface area contributed by atoms with Gasteiger partial charge in [-0.2, -0.15) is 0 Å². The molecule has 0 aromatic heterocycles. The van der Waals surface area contributed by atoms with Gasteiger partial charge in [0.1, 0.15) is 18.2 Å². The van der Waals surface area contributed by atoms with Crippen molar-refractivity contribution in [3.63, 3.8) is 0 Å². The van der Waals surface area contributed by atoms with Crippen molar-refractivity contribution < 1.29 is 9.13 Å². The minimum Gasteiger partial charge on any atom is -0.489 e. The third kappa shape index (κ3) is 3.47. The summed E-state index contributed by atoms with van der Waals surface area (Å²) in [5.74, 6) is 0.879. The monoisotopic (exact) mass is 328 g/mol. The summed E-state index contributed by atoms with van der Waals surface area (Å²) in [6, 6.07) is 12.0. The Kier molecular flexibility index (Phi) is 4.61. The smallest absolute Gasteiger partial charge is 0.123 e. The molecule has 94 valence electrons. The average Bonchev–Trinajstić information content (AvgIpc) is 2.38. The van der Waals surface area contributed by atoms with Gasteiger partial charge >= 0.3 is 0 Å². The van der Waals surface area contributed by atoms with Crippen LogP contribution in [0.2, 0.25) is 0 Å². The third-order valence-electron chi connectivity index (χ3n) is 2.46. The summed E-state index contributed by atoms with van der Waals surface area (Å²) in [4.78, 5) is 0. The topological polar surface area (TPSA) is 9.23 Å². The van der Waals surface area contributed by atoms with E-state index in [4.69, 9.17) is 16.3 Å². The van der Waals surface area contributed by atoms with E-state index in [2.05, 4.69) is 15.9 Å². The highest BCUT2D eigenvalue weighted by atomic mass is 79.9. The van der Waals surface area contributed by atoms with Crippen molar-refractivity contribution in [3.8, 4) is 5.75 Å². The summed E-state index contributed by atoms with van der Waals surface area (Å²) in [7, 11) is 0. The highest BCUT2D eigenvalue weighted by Crippen LogP contribution is 2.24. The van der Waals surface area contributed by atoms with Crippen LogP contribution in [-0.4, -0.2) is 0 Å². The van der Waals surface area contributed by atoms with E-state index < -0.39 is 0 Å². The van der Waals surface area contributed by atoms with Crippen molar-refractivity contribution in [2.45, 2.75) is 12.5 Å². The standard InChI is InChI=1S/C14H11BrClFO/c15-14-5-4-13(7-11(14)8-16)18-9-10-2-1-3-12(17)6-10/h1-7H,8-9H2. The first-order chi connectivity index (χ1) is 8.69. The molecule has 4 heteroatoms. The first-order valence-corrected chi connectivity index (χ1v) is 6.73. The number of hydrogen-bond donors (Lipinski definition) is 0. The van der Waals surface area contributed by atoms with Gasteiger partial charge < -0.3 is 4.74 Å². The Bertz CT molecular complexity index is 545. The fourth-order valence-electron chi connectivity index (χ4n) is 1.54. The fourth-order valence-corrected chi connectivity index (χ4v) is 2.31. The van der Waals surface area contributed by atoms with E-state index in [1.165, 1.54) is 12.1 Å². The van der Waals surface area contributed by atoms with E-state index >= 15 is 0 Å². The van der Waals surface area contributed by atoms with Crippen molar-refractivity contribution in [1.29, 1.82) is 0 Å². The Hall–Kier alpha value is -1.06. The molecular formula is C14H11BrClFO. The van der Waals surface area contributed by atoms with Gasteiger partial charge in [-0.05, 0) is 41.5 Å². The van der Waals surface area contributed by atoms with Crippen LogP contribution in [0, 0.1) is 5.82 Å². The van der Waals surface area contributed by atoms with Crippen molar-refractivity contribution in [1.82, 2.24) is 0 Å². The Balaban J connectivity index is 2.06. The van der Waals surface area contributed by atoms with E-state index in [-0.39, 0.29) is 5.82 Å². The van der Waals surface area contributed by atoms with Gasteiger partial charge in [-0.15, -0.1) is 11.6 Å². The summed E-state index contributed by atoms with van der Waals surface area (Å²) in [6.07, 6.45) is 0. The number of alkyl halides is 1. The quantitative estimate of drug-likeness (QED) is 0.725. The van der Waals surface area contributed by atoms with Gasteiger partial charge in [0.05, 0.1) is 0 Å². The van der Waals surface area contributed by atoms with E-state index in [0.717, 1.165) is 21.3 Å². The van der Waals surface area contributed by atoms with Gasteiger partial charge in [-0.3, -0.25) is 0 Å². The van der Waals surface area contributed by atoms with Crippen LogP contribution >= 0.6 is 27.5 Å². The SMILES string of the molecule is Fc1cccc(COc2ccc(Br)c(CCl)c2)c1. The molecule has 0 aliphatic carbocycles. The maximum atomic E-state index is 13.0. The van der Waals surface area contributed by atoms with Crippen LogP contribution in [0.3, 0.4) is 0 Å². The highest BCUT2D eigenvalue weighted by Gasteiger charge is 2.02. The van der Waals surface area contributed by atoms with Gasteiger partial charge in [0.2, 0.25) is 0 Å². The van der Waals surface area contributed by atoms with Gasteiger partial charge in [-0.1, -0.05) is 28.1 Å². The van der Waals surface area contributed by atoms with E-state index in [9.17, 15) is 4.39 Å². The first kappa shape index (κ1) is 13.4. The molecule has 2 aromatic carbocycles. The zero-order valence-corrected chi connectivity index (χ0v) is 11.8. The lowest BCUT2D eigenvalue weighted by Gasteiger charge is -2.08. The fraction of sp³-hybridized carbons (Fsp3) is 0.143. The largest absolute Gasteiger partial charge is 0.489 e. The summed E-state index contributed by atoms with van der Waals surface area (Å²) in [5.41, 5.74) is 1.76. The summed E-state index contributed by atoms with van der Waals surface area (Å²) in [5, 5.41) is 0. The Labute approximate surface area is 119 Å². The number of benzene rings is 2. The lowest BCUT2D eigenvalue weighted by atomic mass is 10.2. The van der Waals surface area contributed by atoms with Gasteiger partial charge in [0.25, 0.3) is 0 Å². The third-order valence-corrected chi connectivity index (χ3v) is 3.52.